The summed E-state index contributed by atoms with van der Waals surface area (Å²) in [5, 5.41) is 20.0. The third-order valence-corrected chi connectivity index (χ3v) is 3.68. The molecule has 1 aromatic carbocycles. The van der Waals surface area contributed by atoms with Crippen LogP contribution in [0.3, 0.4) is 0 Å². The van der Waals surface area contributed by atoms with Crippen LogP contribution in [-0.4, -0.2) is 28.6 Å². The van der Waals surface area contributed by atoms with Gasteiger partial charge < -0.3 is 10.0 Å². The second-order valence-electron chi connectivity index (χ2n) is 4.97. The molecule has 2 atom stereocenters. The molecule has 7 heteroatoms. The standard InChI is InChI=1S/C13H15FN2O4/c1-8-7-9(13(17)18)5-6-15(8)11-4-2-3-10(14)12(11)16(19)20/h2-4,8-9H,5-7H2,1H3,(H,17,18). The molecule has 1 N–H and O–H groups in total. The quantitative estimate of drug-likeness (QED) is 0.680. The molecule has 1 fully saturated rings. The number of halogens is 1. The van der Waals surface area contributed by atoms with Crippen molar-refractivity contribution in [2.45, 2.75) is 25.8 Å². The van der Waals surface area contributed by atoms with Crippen molar-refractivity contribution < 1.29 is 19.2 Å². The molecule has 0 saturated carbocycles. The van der Waals surface area contributed by atoms with Crippen LogP contribution in [0.5, 0.6) is 0 Å². The molecular weight excluding hydrogens is 267 g/mol. The van der Waals surface area contributed by atoms with Gasteiger partial charge in [0.05, 0.1) is 10.8 Å². The van der Waals surface area contributed by atoms with Crippen molar-refractivity contribution in [2.75, 3.05) is 11.4 Å². The molecule has 2 rings (SSSR count). The van der Waals surface area contributed by atoms with Crippen LogP contribution in [0.15, 0.2) is 18.2 Å². The number of carboxylic acid groups (broad SMARTS) is 1. The largest absolute Gasteiger partial charge is 0.481 e. The van der Waals surface area contributed by atoms with E-state index in [2.05, 4.69) is 0 Å². The Balaban J connectivity index is 2.32. The first-order chi connectivity index (χ1) is 9.41. The molecule has 1 heterocycles. The highest BCUT2D eigenvalue weighted by molar-refractivity contribution is 5.71. The molecule has 0 spiro atoms. The van der Waals surface area contributed by atoms with Gasteiger partial charge in [-0.25, -0.2) is 0 Å². The molecule has 0 aliphatic carbocycles. The summed E-state index contributed by atoms with van der Waals surface area (Å²) in [5.74, 6) is -2.18. The number of carbonyl (C=O) groups is 1. The van der Waals surface area contributed by atoms with Crippen LogP contribution in [0.25, 0.3) is 0 Å². The van der Waals surface area contributed by atoms with Crippen LogP contribution in [-0.2, 0) is 4.79 Å². The number of anilines is 1. The molecule has 0 radical (unpaired) electrons. The monoisotopic (exact) mass is 282 g/mol. The topological polar surface area (TPSA) is 83.7 Å². The molecule has 1 aromatic rings. The predicted octanol–water partition coefficient (Wildman–Crippen LogP) is 2.42. The number of hydrogen-bond acceptors (Lipinski definition) is 4. The lowest BCUT2D eigenvalue weighted by Gasteiger charge is -2.37. The Bertz CT molecular complexity index is 549. The average Bonchev–Trinajstić information content (AvgIpc) is 2.37. The fraction of sp³-hybridized carbons (Fsp3) is 0.462. The van der Waals surface area contributed by atoms with Crippen LogP contribution in [0.4, 0.5) is 15.8 Å². The number of benzene rings is 1. The number of hydrogen-bond donors (Lipinski definition) is 1. The van der Waals surface area contributed by atoms with E-state index in [0.717, 1.165) is 6.07 Å². The van der Waals surface area contributed by atoms with Gasteiger partial charge in [-0.2, -0.15) is 4.39 Å². The van der Waals surface area contributed by atoms with Gasteiger partial charge in [-0.3, -0.25) is 14.9 Å². The molecule has 108 valence electrons. The zero-order valence-corrected chi connectivity index (χ0v) is 11.0. The summed E-state index contributed by atoms with van der Waals surface area (Å²) in [6.07, 6.45) is 0.788. The zero-order chi connectivity index (χ0) is 14.9. The molecule has 1 aliphatic rings. The highest BCUT2D eigenvalue weighted by Crippen LogP contribution is 2.35. The lowest BCUT2D eigenvalue weighted by Crippen LogP contribution is -2.43. The van der Waals surface area contributed by atoms with Gasteiger partial charge >= 0.3 is 11.7 Å². The minimum absolute atomic E-state index is 0.189. The lowest BCUT2D eigenvalue weighted by molar-refractivity contribution is -0.386. The predicted molar refractivity (Wildman–Crippen MR) is 70.2 cm³/mol. The third kappa shape index (κ3) is 2.56. The van der Waals surface area contributed by atoms with Crippen molar-refractivity contribution in [3.63, 3.8) is 0 Å². The highest BCUT2D eigenvalue weighted by Gasteiger charge is 2.33. The van der Waals surface area contributed by atoms with Crippen molar-refractivity contribution in [3.05, 3.63) is 34.1 Å². The Hall–Kier alpha value is -2.18. The number of nitro benzene ring substituents is 1. The molecule has 0 aromatic heterocycles. The summed E-state index contributed by atoms with van der Waals surface area (Å²) in [6.45, 7) is 2.16. The van der Waals surface area contributed by atoms with Crippen LogP contribution < -0.4 is 4.90 Å². The lowest BCUT2D eigenvalue weighted by atomic mass is 9.91. The van der Waals surface area contributed by atoms with Crippen molar-refractivity contribution in [2.24, 2.45) is 5.92 Å². The van der Waals surface area contributed by atoms with Gasteiger partial charge in [0.1, 0.15) is 5.69 Å². The normalized spacial score (nSPS) is 22.6. The zero-order valence-electron chi connectivity index (χ0n) is 11.0. The maximum absolute atomic E-state index is 13.6. The second kappa shape index (κ2) is 5.44. The van der Waals surface area contributed by atoms with Crippen molar-refractivity contribution in [1.29, 1.82) is 0 Å². The van der Waals surface area contributed by atoms with Crippen LogP contribution >= 0.6 is 0 Å². The Morgan fingerprint density at radius 2 is 2.25 bits per heavy atom. The van der Waals surface area contributed by atoms with E-state index < -0.39 is 28.3 Å². The summed E-state index contributed by atoms with van der Waals surface area (Å²) >= 11 is 0. The fourth-order valence-electron chi connectivity index (χ4n) is 2.67. The van der Waals surface area contributed by atoms with Crippen molar-refractivity contribution in [3.8, 4) is 0 Å². The number of aliphatic carboxylic acids is 1. The average molecular weight is 282 g/mol. The smallest absolute Gasteiger partial charge is 0.327 e. The number of rotatable bonds is 3. The van der Waals surface area contributed by atoms with Crippen LogP contribution in [0, 0.1) is 21.8 Å². The number of nitrogens with zero attached hydrogens (tertiary/aromatic N) is 2. The molecular formula is C13H15FN2O4. The van der Waals surface area contributed by atoms with E-state index in [4.69, 9.17) is 5.11 Å². The Morgan fingerprint density at radius 1 is 1.55 bits per heavy atom. The summed E-state index contributed by atoms with van der Waals surface area (Å²) < 4.78 is 13.6. The summed E-state index contributed by atoms with van der Waals surface area (Å²) in [6, 6.07) is 3.79. The molecule has 0 amide bonds. The van der Waals surface area contributed by atoms with Gasteiger partial charge in [-0.15, -0.1) is 0 Å². The van der Waals surface area contributed by atoms with Gasteiger partial charge in [-0.1, -0.05) is 6.07 Å². The van der Waals surface area contributed by atoms with E-state index in [1.165, 1.54) is 12.1 Å². The number of piperidine rings is 1. The van der Waals surface area contributed by atoms with Crippen LogP contribution in [0.1, 0.15) is 19.8 Å². The Morgan fingerprint density at radius 3 is 2.80 bits per heavy atom. The van der Waals surface area contributed by atoms with Gasteiger partial charge in [0.25, 0.3) is 0 Å². The fourth-order valence-corrected chi connectivity index (χ4v) is 2.67. The molecule has 6 nitrogen and oxygen atoms in total. The van der Waals surface area contributed by atoms with E-state index in [-0.39, 0.29) is 11.7 Å². The minimum atomic E-state index is -0.875. The molecule has 0 bridgehead atoms. The van der Waals surface area contributed by atoms with Gasteiger partial charge in [0, 0.05) is 12.6 Å². The van der Waals surface area contributed by atoms with E-state index >= 15 is 0 Å². The first kappa shape index (κ1) is 14.2. The maximum atomic E-state index is 13.6. The van der Waals surface area contributed by atoms with Crippen molar-refractivity contribution in [1.82, 2.24) is 0 Å². The van der Waals surface area contributed by atoms with Gasteiger partial charge in [0.2, 0.25) is 5.82 Å². The SMILES string of the molecule is CC1CC(C(=O)O)CCN1c1cccc(F)c1[N+](=O)[O-]. The summed E-state index contributed by atoms with van der Waals surface area (Å²) in [4.78, 5) is 23.0. The third-order valence-electron chi connectivity index (χ3n) is 3.68. The number of nitro groups is 1. The second-order valence-corrected chi connectivity index (χ2v) is 4.97. The van der Waals surface area contributed by atoms with Gasteiger partial charge in [0.15, 0.2) is 0 Å². The number of carboxylic acids is 1. The Kier molecular flexibility index (Phi) is 3.87. The van der Waals surface area contributed by atoms with Gasteiger partial charge in [-0.05, 0) is 31.9 Å². The summed E-state index contributed by atoms with van der Waals surface area (Å²) in [5.41, 5.74) is -0.334. The van der Waals surface area contributed by atoms with E-state index in [0.29, 0.717) is 19.4 Å². The molecule has 20 heavy (non-hydrogen) atoms. The first-order valence-corrected chi connectivity index (χ1v) is 6.34. The molecule has 1 saturated heterocycles. The van der Waals surface area contributed by atoms with Crippen molar-refractivity contribution >= 4 is 17.3 Å². The molecule has 2 unspecified atom stereocenters. The maximum Gasteiger partial charge on any atom is 0.327 e. The Labute approximate surface area is 115 Å². The van der Waals surface area contributed by atoms with E-state index in [1.807, 2.05) is 0 Å². The van der Waals surface area contributed by atoms with E-state index in [9.17, 15) is 19.3 Å². The summed E-state index contributed by atoms with van der Waals surface area (Å²) in [7, 11) is 0. The first-order valence-electron chi connectivity index (χ1n) is 6.34. The van der Waals surface area contributed by atoms with E-state index in [1.54, 1.807) is 11.8 Å². The highest BCUT2D eigenvalue weighted by atomic mass is 19.1. The van der Waals surface area contributed by atoms with Crippen LogP contribution in [0.2, 0.25) is 0 Å². The molecule has 1 aliphatic heterocycles. The minimum Gasteiger partial charge on any atom is -0.481 e. The number of para-hydroxylation sites is 1.